The average molecular weight is 334 g/mol. The summed E-state index contributed by atoms with van der Waals surface area (Å²) in [6.45, 7) is 10.9. The zero-order chi connectivity index (χ0) is 15.9. The molecular weight excluding hydrogens is 302 g/mol. The second-order valence-electron chi connectivity index (χ2n) is 7.14. The Bertz CT molecular complexity index is 350. The first-order chi connectivity index (χ1) is 9.80. The molecule has 1 rings (SSSR count). The fourth-order valence-electron chi connectivity index (χ4n) is 2.54. The van der Waals surface area contributed by atoms with Crippen LogP contribution < -0.4 is 16.0 Å². The van der Waals surface area contributed by atoms with Crippen LogP contribution in [0.2, 0.25) is 0 Å². The van der Waals surface area contributed by atoms with Crippen LogP contribution in [-0.2, 0) is 9.59 Å². The lowest BCUT2D eigenvalue weighted by molar-refractivity contribution is -0.128. The van der Waals surface area contributed by atoms with E-state index in [1.807, 2.05) is 20.8 Å². The topological polar surface area (TPSA) is 70.2 Å². The van der Waals surface area contributed by atoms with Crippen molar-refractivity contribution in [3.63, 3.8) is 0 Å². The standard InChI is InChI=1S/C16H31N3O2.ClH/c1-12(13-6-5-7-17-11-13)10-14(20)18-8-9-19-15(21)16(2,3)4;/h12-13,17H,5-11H2,1-4H3,(H,18,20)(H,19,21);1H. The van der Waals surface area contributed by atoms with Crippen molar-refractivity contribution in [1.82, 2.24) is 16.0 Å². The van der Waals surface area contributed by atoms with E-state index in [-0.39, 0.29) is 29.6 Å². The number of rotatable bonds is 6. The second kappa shape index (κ2) is 10.1. The summed E-state index contributed by atoms with van der Waals surface area (Å²) in [5.41, 5.74) is -0.382. The third-order valence-electron chi connectivity index (χ3n) is 4.06. The van der Waals surface area contributed by atoms with Gasteiger partial charge in [-0.2, -0.15) is 0 Å². The summed E-state index contributed by atoms with van der Waals surface area (Å²) in [6, 6.07) is 0. The van der Waals surface area contributed by atoms with Gasteiger partial charge in [0.1, 0.15) is 0 Å². The third kappa shape index (κ3) is 7.99. The Hall–Kier alpha value is -0.810. The molecule has 5 nitrogen and oxygen atoms in total. The normalized spacial score (nSPS) is 19.7. The molecule has 0 aromatic carbocycles. The first-order valence-corrected chi connectivity index (χ1v) is 8.06. The van der Waals surface area contributed by atoms with Gasteiger partial charge in [-0.15, -0.1) is 12.4 Å². The molecule has 2 unspecified atom stereocenters. The van der Waals surface area contributed by atoms with E-state index in [1.165, 1.54) is 12.8 Å². The first-order valence-electron chi connectivity index (χ1n) is 8.06. The number of amides is 2. The van der Waals surface area contributed by atoms with Gasteiger partial charge in [-0.1, -0.05) is 27.7 Å². The number of hydrogen-bond donors (Lipinski definition) is 3. The van der Waals surface area contributed by atoms with E-state index < -0.39 is 0 Å². The van der Waals surface area contributed by atoms with Gasteiger partial charge in [-0.05, 0) is 37.8 Å². The Morgan fingerprint density at radius 2 is 1.86 bits per heavy atom. The molecule has 0 spiro atoms. The Balaban J connectivity index is 0.00000441. The molecule has 1 saturated heterocycles. The molecule has 1 aliphatic rings. The molecule has 0 bridgehead atoms. The number of carbonyl (C=O) groups excluding carboxylic acids is 2. The Morgan fingerprint density at radius 1 is 1.23 bits per heavy atom. The van der Waals surface area contributed by atoms with E-state index in [1.54, 1.807) is 0 Å². The van der Waals surface area contributed by atoms with E-state index >= 15 is 0 Å². The number of carbonyl (C=O) groups is 2. The van der Waals surface area contributed by atoms with E-state index in [2.05, 4.69) is 22.9 Å². The van der Waals surface area contributed by atoms with Crippen molar-refractivity contribution in [1.29, 1.82) is 0 Å². The van der Waals surface area contributed by atoms with Crippen molar-refractivity contribution < 1.29 is 9.59 Å². The lowest BCUT2D eigenvalue weighted by atomic mass is 9.85. The Morgan fingerprint density at radius 3 is 2.41 bits per heavy atom. The van der Waals surface area contributed by atoms with Gasteiger partial charge in [-0.3, -0.25) is 9.59 Å². The van der Waals surface area contributed by atoms with Crippen LogP contribution in [0, 0.1) is 17.3 Å². The van der Waals surface area contributed by atoms with Gasteiger partial charge >= 0.3 is 0 Å². The summed E-state index contributed by atoms with van der Waals surface area (Å²) in [7, 11) is 0. The maximum atomic E-state index is 11.9. The van der Waals surface area contributed by atoms with Crippen LogP contribution in [0.4, 0.5) is 0 Å². The highest BCUT2D eigenvalue weighted by Gasteiger charge is 2.22. The van der Waals surface area contributed by atoms with Crippen molar-refractivity contribution in [2.75, 3.05) is 26.2 Å². The van der Waals surface area contributed by atoms with Crippen molar-refractivity contribution in [3.05, 3.63) is 0 Å². The number of piperidine rings is 1. The molecule has 0 aromatic heterocycles. The van der Waals surface area contributed by atoms with Crippen LogP contribution in [0.1, 0.15) is 47.0 Å². The average Bonchev–Trinajstić information content (AvgIpc) is 2.43. The molecule has 130 valence electrons. The van der Waals surface area contributed by atoms with Gasteiger partial charge in [0.25, 0.3) is 0 Å². The molecule has 2 amide bonds. The monoisotopic (exact) mass is 333 g/mol. The van der Waals surface area contributed by atoms with Crippen molar-refractivity contribution in [2.24, 2.45) is 17.3 Å². The minimum absolute atomic E-state index is 0. The molecule has 0 aromatic rings. The molecule has 1 aliphatic heterocycles. The zero-order valence-electron chi connectivity index (χ0n) is 14.3. The minimum atomic E-state index is -0.382. The molecule has 3 N–H and O–H groups in total. The quantitative estimate of drug-likeness (QED) is 0.648. The van der Waals surface area contributed by atoms with Crippen LogP contribution in [0.5, 0.6) is 0 Å². The van der Waals surface area contributed by atoms with Crippen LogP contribution >= 0.6 is 12.4 Å². The molecule has 6 heteroatoms. The van der Waals surface area contributed by atoms with Crippen LogP contribution in [-0.4, -0.2) is 38.0 Å². The van der Waals surface area contributed by atoms with Gasteiger partial charge in [0.2, 0.25) is 11.8 Å². The maximum Gasteiger partial charge on any atom is 0.225 e. The van der Waals surface area contributed by atoms with E-state index in [4.69, 9.17) is 0 Å². The molecule has 2 atom stereocenters. The number of halogens is 1. The van der Waals surface area contributed by atoms with E-state index in [0.29, 0.717) is 31.3 Å². The first kappa shape index (κ1) is 21.2. The highest BCUT2D eigenvalue weighted by molar-refractivity contribution is 5.85. The lowest BCUT2D eigenvalue weighted by Crippen LogP contribution is -2.40. The predicted octanol–water partition coefficient (Wildman–Crippen LogP) is 1.71. The Labute approximate surface area is 140 Å². The highest BCUT2D eigenvalue weighted by Crippen LogP contribution is 2.22. The number of nitrogens with one attached hydrogen (secondary N) is 3. The number of hydrogen-bond acceptors (Lipinski definition) is 3. The van der Waals surface area contributed by atoms with Gasteiger partial charge < -0.3 is 16.0 Å². The predicted molar refractivity (Wildman–Crippen MR) is 92.1 cm³/mol. The van der Waals surface area contributed by atoms with Gasteiger partial charge in [-0.25, -0.2) is 0 Å². The molecule has 0 aliphatic carbocycles. The van der Waals surface area contributed by atoms with Gasteiger partial charge in [0, 0.05) is 24.9 Å². The molecule has 0 radical (unpaired) electrons. The van der Waals surface area contributed by atoms with Crippen molar-refractivity contribution in [3.8, 4) is 0 Å². The summed E-state index contributed by atoms with van der Waals surface area (Å²) < 4.78 is 0. The van der Waals surface area contributed by atoms with Crippen LogP contribution in [0.25, 0.3) is 0 Å². The maximum absolute atomic E-state index is 11.9. The zero-order valence-corrected chi connectivity index (χ0v) is 15.1. The molecule has 0 saturated carbocycles. The van der Waals surface area contributed by atoms with Crippen LogP contribution in [0.3, 0.4) is 0 Å². The van der Waals surface area contributed by atoms with Crippen LogP contribution in [0.15, 0.2) is 0 Å². The van der Waals surface area contributed by atoms with E-state index in [9.17, 15) is 9.59 Å². The summed E-state index contributed by atoms with van der Waals surface area (Å²) in [5, 5.41) is 9.11. The Kier molecular flexibility index (Phi) is 9.69. The minimum Gasteiger partial charge on any atom is -0.354 e. The van der Waals surface area contributed by atoms with Gasteiger partial charge in [0.05, 0.1) is 0 Å². The van der Waals surface area contributed by atoms with Crippen molar-refractivity contribution >= 4 is 24.2 Å². The fourth-order valence-corrected chi connectivity index (χ4v) is 2.54. The highest BCUT2D eigenvalue weighted by atomic mass is 35.5. The molecule has 22 heavy (non-hydrogen) atoms. The van der Waals surface area contributed by atoms with E-state index in [0.717, 1.165) is 13.1 Å². The van der Waals surface area contributed by atoms with Gasteiger partial charge in [0.15, 0.2) is 0 Å². The largest absolute Gasteiger partial charge is 0.354 e. The summed E-state index contributed by atoms with van der Waals surface area (Å²) in [5.74, 6) is 1.10. The second-order valence-corrected chi connectivity index (χ2v) is 7.14. The molecular formula is C16H32ClN3O2. The summed E-state index contributed by atoms with van der Waals surface area (Å²) in [6.07, 6.45) is 2.98. The SMILES string of the molecule is CC(CC(=O)NCCNC(=O)C(C)(C)C)C1CCCNC1.Cl. The fraction of sp³-hybridized carbons (Fsp3) is 0.875. The summed E-state index contributed by atoms with van der Waals surface area (Å²) >= 11 is 0. The smallest absolute Gasteiger partial charge is 0.225 e. The molecule has 1 heterocycles. The summed E-state index contributed by atoms with van der Waals surface area (Å²) in [4.78, 5) is 23.6. The van der Waals surface area contributed by atoms with Crippen molar-refractivity contribution in [2.45, 2.75) is 47.0 Å². The molecule has 1 fully saturated rings. The lowest BCUT2D eigenvalue weighted by Gasteiger charge is -2.28. The third-order valence-corrected chi connectivity index (χ3v) is 4.06.